The highest BCUT2D eigenvalue weighted by molar-refractivity contribution is 6.01. The van der Waals surface area contributed by atoms with E-state index >= 15 is 0 Å². The number of methoxy groups -OCH3 is 1. The third-order valence-electron chi connectivity index (χ3n) is 7.50. The summed E-state index contributed by atoms with van der Waals surface area (Å²) in [6.45, 7) is 5.72. The molecule has 4 heterocycles. The Morgan fingerprint density at radius 1 is 1.18 bits per heavy atom. The molecule has 1 aromatic heterocycles. The van der Waals surface area contributed by atoms with Crippen molar-refractivity contribution >= 4 is 28.6 Å². The first-order valence-corrected chi connectivity index (χ1v) is 12.5. The molecule has 8 heteroatoms. The summed E-state index contributed by atoms with van der Waals surface area (Å²) in [5.41, 5.74) is 3.04. The van der Waals surface area contributed by atoms with Gasteiger partial charge >= 0.3 is 0 Å². The van der Waals surface area contributed by atoms with E-state index in [2.05, 4.69) is 24.1 Å². The minimum atomic E-state index is -0.807. The molecule has 182 valence electrons. The first-order valence-electron chi connectivity index (χ1n) is 12.5. The number of H-pyrrole nitrogens is 1. The lowest BCUT2D eigenvalue weighted by molar-refractivity contribution is -0.155. The monoisotopic (exact) mass is 466 g/mol. The number of ether oxygens (including phenoxy) is 1. The van der Waals surface area contributed by atoms with Gasteiger partial charge in [-0.3, -0.25) is 14.4 Å². The standard InChI is InChI=1S/C26H34N4O4/c1-15(2)11-21-24-18(17-8-7-16(34-3)12-19(17)27-24)13-22-25(32)28-20(26(33)30(21)22)14-23(31)29-9-5-4-6-10-29/h7-8,12,15,20-22,27H,4-6,9-11,13-14H2,1-3H3,(H,28,32). The number of hydrogen-bond donors (Lipinski definition) is 2. The first-order chi connectivity index (χ1) is 16.4. The van der Waals surface area contributed by atoms with Gasteiger partial charge in [0.05, 0.1) is 19.6 Å². The number of aromatic amines is 1. The predicted octanol–water partition coefficient (Wildman–Crippen LogP) is 2.92. The molecule has 0 spiro atoms. The zero-order chi connectivity index (χ0) is 24.0. The number of carbonyl (C=O) groups is 3. The Bertz CT molecular complexity index is 1120. The van der Waals surface area contributed by atoms with Gasteiger partial charge in [0.15, 0.2) is 0 Å². The van der Waals surface area contributed by atoms with Crippen LogP contribution >= 0.6 is 0 Å². The van der Waals surface area contributed by atoms with Crippen LogP contribution in [0.5, 0.6) is 5.75 Å². The van der Waals surface area contributed by atoms with Crippen molar-refractivity contribution < 1.29 is 19.1 Å². The van der Waals surface area contributed by atoms with Gasteiger partial charge in [-0.05, 0) is 49.3 Å². The lowest BCUT2D eigenvalue weighted by atomic mass is 9.85. The van der Waals surface area contributed by atoms with E-state index < -0.39 is 12.1 Å². The van der Waals surface area contributed by atoms with Crippen LogP contribution in [0.3, 0.4) is 0 Å². The van der Waals surface area contributed by atoms with Crippen LogP contribution in [0.4, 0.5) is 0 Å². The van der Waals surface area contributed by atoms with E-state index in [1.807, 2.05) is 23.1 Å². The fourth-order valence-electron chi connectivity index (χ4n) is 5.83. The van der Waals surface area contributed by atoms with E-state index in [0.717, 1.165) is 66.7 Å². The highest BCUT2D eigenvalue weighted by Gasteiger charge is 2.49. The normalized spacial score (nSPS) is 24.8. The average Bonchev–Trinajstić information content (AvgIpc) is 3.20. The summed E-state index contributed by atoms with van der Waals surface area (Å²) in [6.07, 6.45) is 4.34. The molecule has 0 aliphatic carbocycles. The second-order valence-corrected chi connectivity index (χ2v) is 10.2. The van der Waals surface area contributed by atoms with Crippen molar-refractivity contribution in [2.45, 2.75) is 70.5 Å². The number of carbonyl (C=O) groups excluding carboxylic acids is 3. The Hall–Kier alpha value is -3.03. The number of fused-ring (bicyclic) bond motifs is 4. The third-order valence-corrected chi connectivity index (χ3v) is 7.50. The SMILES string of the molecule is COc1ccc2c3c([nH]c2c1)C(CC(C)C)N1C(=O)C(CC(=O)N2CCCCC2)NC(=O)C1C3. The van der Waals surface area contributed by atoms with Crippen molar-refractivity contribution in [1.82, 2.24) is 20.1 Å². The number of hydrogen-bond acceptors (Lipinski definition) is 4. The molecule has 1 aromatic carbocycles. The maximum Gasteiger partial charge on any atom is 0.246 e. The molecule has 3 amide bonds. The summed E-state index contributed by atoms with van der Waals surface area (Å²) >= 11 is 0. The van der Waals surface area contributed by atoms with E-state index in [0.29, 0.717) is 12.3 Å². The zero-order valence-electron chi connectivity index (χ0n) is 20.2. The molecule has 2 N–H and O–H groups in total. The van der Waals surface area contributed by atoms with Crippen LogP contribution in [0.15, 0.2) is 18.2 Å². The van der Waals surface area contributed by atoms with Gasteiger partial charge in [-0.15, -0.1) is 0 Å². The highest BCUT2D eigenvalue weighted by atomic mass is 16.5. The molecule has 3 unspecified atom stereocenters. The number of benzene rings is 1. The molecule has 2 saturated heterocycles. The number of piperazine rings is 1. The van der Waals surface area contributed by atoms with Crippen molar-refractivity contribution in [1.29, 1.82) is 0 Å². The van der Waals surface area contributed by atoms with Crippen LogP contribution in [-0.2, 0) is 20.8 Å². The van der Waals surface area contributed by atoms with Gasteiger partial charge in [-0.1, -0.05) is 13.8 Å². The lowest BCUT2D eigenvalue weighted by Crippen LogP contribution is -2.66. The van der Waals surface area contributed by atoms with Gasteiger partial charge in [0.25, 0.3) is 0 Å². The highest BCUT2D eigenvalue weighted by Crippen LogP contribution is 2.42. The fourth-order valence-corrected chi connectivity index (χ4v) is 5.83. The average molecular weight is 467 g/mol. The van der Waals surface area contributed by atoms with Crippen molar-refractivity contribution in [2.24, 2.45) is 5.92 Å². The smallest absolute Gasteiger partial charge is 0.246 e. The fraction of sp³-hybridized carbons (Fsp3) is 0.577. The molecule has 0 bridgehead atoms. The quantitative estimate of drug-likeness (QED) is 0.708. The number of nitrogens with zero attached hydrogens (tertiary/aromatic N) is 2. The van der Waals surface area contributed by atoms with Crippen molar-refractivity contribution in [2.75, 3.05) is 20.2 Å². The Labute approximate surface area is 200 Å². The van der Waals surface area contributed by atoms with Crippen LogP contribution in [0.25, 0.3) is 10.9 Å². The summed E-state index contributed by atoms with van der Waals surface area (Å²) in [6, 6.07) is 4.30. The van der Waals surface area contributed by atoms with E-state index in [9.17, 15) is 14.4 Å². The zero-order valence-corrected chi connectivity index (χ0v) is 20.2. The third kappa shape index (κ3) is 3.93. The maximum atomic E-state index is 13.7. The second-order valence-electron chi connectivity index (χ2n) is 10.2. The molecular formula is C26H34N4O4. The molecule has 34 heavy (non-hydrogen) atoms. The van der Waals surface area contributed by atoms with Crippen molar-refractivity contribution in [3.63, 3.8) is 0 Å². The summed E-state index contributed by atoms with van der Waals surface area (Å²) in [5, 5.41) is 3.95. The van der Waals surface area contributed by atoms with Gasteiger partial charge < -0.3 is 24.8 Å². The maximum absolute atomic E-state index is 13.7. The Morgan fingerprint density at radius 3 is 2.65 bits per heavy atom. The molecule has 0 radical (unpaired) electrons. The van der Waals surface area contributed by atoms with Crippen molar-refractivity contribution in [3.8, 4) is 5.75 Å². The number of rotatable bonds is 5. The number of aromatic nitrogens is 1. The number of piperidine rings is 1. The van der Waals surface area contributed by atoms with Crippen LogP contribution in [-0.4, -0.2) is 64.8 Å². The molecule has 8 nitrogen and oxygen atoms in total. The Morgan fingerprint density at radius 2 is 1.94 bits per heavy atom. The van der Waals surface area contributed by atoms with Gasteiger partial charge in [-0.25, -0.2) is 0 Å². The van der Waals surface area contributed by atoms with Gasteiger partial charge in [-0.2, -0.15) is 0 Å². The van der Waals surface area contributed by atoms with Crippen LogP contribution < -0.4 is 10.1 Å². The van der Waals surface area contributed by atoms with Crippen LogP contribution in [0, 0.1) is 5.92 Å². The molecule has 5 rings (SSSR count). The molecule has 2 aromatic rings. The van der Waals surface area contributed by atoms with E-state index in [1.165, 1.54) is 0 Å². The van der Waals surface area contributed by atoms with Gasteiger partial charge in [0.2, 0.25) is 17.7 Å². The molecular weight excluding hydrogens is 432 g/mol. The number of nitrogens with one attached hydrogen (secondary N) is 2. The molecule has 3 atom stereocenters. The summed E-state index contributed by atoms with van der Waals surface area (Å²) in [5.74, 6) is 0.714. The topological polar surface area (TPSA) is 94.7 Å². The number of likely N-dealkylation sites (tertiary alicyclic amines) is 1. The predicted molar refractivity (Wildman–Crippen MR) is 128 cm³/mol. The number of amides is 3. The second kappa shape index (κ2) is 8.96. The summed E-state index contributed by atoms with van der Waals surface area (Å²) in [4.78, 5) is 47.1. The van der Waals surface area contributed by atoms with E-state index in [1.54, 1.807) is 12.0 Å². The van der Waals surface area contributed by atoms with Gasteiger partial charge in [0.1, 0.15) is 17.8 Å². The summed E-state index contributed by atoms with van der Waals surface area (Å²) in [7, 11) is 1.64. The van der Waals surface area contributed by atoms with E-state index in [4.69, 9.17) is 4.74 Å². The van der Waals surface area contributed by atoms with Gasteiger partial charge in [0, 0.05) is 42.2 Å². The summed E-state index contributed by atoms with van der Waals surface area (Å²) < 4.78 is 5.39. The minimum Gasteiger partial charge on any atom is -0.497 e. The molecule has 3 aliphatic rings. The lowest BCUT2D eigenvalue weighted by Gasteiger charge is -2.47. The van der Waals surface area contributed by atoms with E-state index in [-0.39, 0.29) is 30.2 Å². The van der Waals surface area contributed by atoms with Crippen molar-refractivity contribution in [3.05, 3.63) is 29.5 Å². The molecule has 0 saturated carbocycles. The molecule has 3 aliphatic heterocycles. The minimum absolute atomic E-state index is 0.0267. The Balaban J connectivity index is 1.48. The molecule has 2 fully saturated rings. The van der Waals surface area contributed by atoms with Crippen LogP contribution in [0.1, 0.15) is 63.3 Å². The first kappa shape index (κ1) is 22.7. The van der Waals surface area contributed by atoms with Crippen LogP contribution in [0.2, 0.25) is 0 Å². The Kier molecular flexibility index (Phi) is 6.00. The largest absolute Gasteiger partial charge is 0.497 e.